The van der Waals surface area contributed by atoms with Crippen LogP contribution in [0.4, 0.5) is 4.79 Å². The third-order valence-electron chi connectivity index (χ3n) is 3.08. The van der Waals surface area contributed by atoms with Gasteiger partial charge in [0.1, 0.15) is 12.1 Å². The Balaban J connectivity index is 1.89. The summed E-state index contributed by atoms with van der Waals surface area (Å²) in [5.41, 5.74) is 0.221. The number of ketones is 1. The quantitative estimate of drug-likeness (QED) is 0.784. The average molecular weight is 233 g/mol. The van der Waals surface area contributed by atoms with Crippen molar-refractivity contribution >= 4 is 11.9 Å². The van der Waals surface area contributed by atoms with Crippen LogP contribution in [0.1, 0.15) is 19.4 Å². The molecule has 1 aromatic carbocycles. The second-order valence-electron chi connectivity index (χ2n) is 4.61. The first-order valence-electron chi connectivity index (χ1n) is 5.53. The predicted molar refractivity (Wildman–Crippen MR) is 62.4 cm³/mol. The van der Waals surface area contributed by atoms with Crippen LogP contribution < -0.4 is 0 Å². The number of Topliss-reactive ketones (excluding diaryl/α,β-unsaturated/α-hetero) is 1. The highest BCUT2D eigenvalue weighted by atomic mass is 16.6. The van der Waals surface area contributed by atoms with Crippen LogP contribution in [0, 0.1) is 0 Å². The van der Waals surface area contributed by atoms with E-state index in [1.807, 2.05) is 30.3 Å². The fraction of sp³-hybridized carbons (Fsp3) is 0.385. The molecule has 0 N–H and O–H groups in total. The van der Waals surface area contributed by atoms with Crippen LogP contribution in [0.15, 0.2) is 30.3 Å². The first-order chi connectivity index (χ1) is 8.01. The van der Waals surface area contributed by atoms with Gasteiger partial charge in [-0.25, -0.2) is 4.79 Å². The van der Waals surface area contributed by atoms with Gasteiger partial charge in [0.15, 0.2) is 5.78 Å². The van der Waals surface area contributed by atoms with Crippen molar-refractivity contribution in [2.45, 2.75) is 26.0 Å². The van der Waals surface area contributed by atoms with E-state index in [1.54, 1.807) is 13.8 Å². The third kappa shape index (κ3) is 2.16. The second kappa shape index (κ2) is 4.20. The van der Waals surface area contributed by atoms with Gasteiger partial charge in [-0.15, -0.1) is 0 Å². The fourth-order valence-corrected chi connectivity index (χ4v) is 1.68. The molecule has 0 saturated carbocycles. The summed E-state index contributed by atoms with van der Waals surface area (Å²) in [6, 6.07) is 9.46. The molecule has 90 valence electrons. The molecule has 4 nitrogen and oxygen atoms in total. The SMILES string of the molecule is CC1(C)C(=O)CN1C(=O)OCc1ccccc1. The number of benzene rings is 1. The molecule has 2 rings (SSSR count). The Bertz CT molecular complexity index is 439. The minimum Gasteiger partial charge on any atom is -0.445 e. The number of carbonyl (C=O) groups is 2. The highest BCUT2D eigenvalue weighted by molar-refractivity contribution is 6.00. The lowest BCUT2D eigenvalue weighted by Gasteiger charge is -2.45. The Morgan fingerprint density at radius 3 is 2.53 bits per heavy atom. The largest absolute Gasteiger partial charge is 0.445 e. The molecular formula is C13H15NO3. The molecule has 0 aliphatic carbocycles. The molecule has 0 spiro atoms. The molecule has 0 bridgehead atoms. The molecule has 0 unspecified atom stereocenters. The van der Waals surface area contributed by atoms with Gasteiger partial charge in [0.2, 0.25) is 0 Å². The van der Waals surface area contributed by atoms with Crippen molar-refractivity contribution in [2.24, 2.45) is 0 Å². The number of hydrogen-bond donors (Lipinski definition) is 0. The second-order valence-corrected chi connectivity index (χ2v) is 4.61. The van der Waals surface area contributed by atoms with E-state index < -0.39 is 11.6 Å². The molecule has 0 atom stereocenters. The maximum atomic E-state index is 11.7. The van der Waals surface area contributed by atoms with Gasteiger partial charge in [0.25, 0.3) is 0 Å². The number of rotatable bonds is 2. The molecular weight excluding hydrogens is 218 g/mol. The highest BCUT2D eigenvalue weighted by Gasteiger charge is 2.48. The monoisotopic (exact) mass is 233 g/mol. The van der Waals surface area contributed by atoms with Gasteiger partial charge in [0, 0.05) is 0 Å². The highest BCUT2D eigenvalue weighted by Crippen LogP contribution is 2.26. The van der Waals surface area contributed by atoms with E-state index in [9.17, 15) is 9.59 Å². The Morgan fingerprint density at radius 1 is 1.35 bits per heavy atom. The Kier molecular flexibility index (Phi) is 2.88. The Labute approximate surface area is 100 Å². The summed E-state index contributed by atoms with van der Waals surface area (Å²) in [4.78, 5) is 24.4. The standard InChI is InChI=1S/C13H15NO3/c1-13(2)11(15)8-14(13)12(16)17-9-10-6-4-3-5-7-10/h3-7H,8-9H2,1-2H3. The number of hydrogen-bond acceptors (Lipinski definition) is 3. The van der Waals surface area contributed by atoms with Crippen LogP contribution in [0.25, 0.3) is 0 Å². The number of likely N-dealkylation sites (tertiary alicyclic amines) is 1. The molecule has 1 saturated heterocycles. The first-order valence-corrected chi connectivity index (χ1v) is 5.53. The van der Waals surface area contributed by atoms with Crippen LogP contribution in [0.5, 0.6) is 0 Å². The van der Waals surface area contributed by atoms with Crippen molar-refractivity contribution in [1.29, 1.82) is 0 Å². The lowest BCUT2D eigenvalue weighted by Crippen LogP contribution is -2.66. The van der Waals surface area contributed by atoms with Gasteiger partial charge >= 0.3 is 6.09 Å². The van der Waals surface area contributed by atoms with E-state index >= 15 is 0 Å². The molecule has 1 aliphatic heterocycles. The van der Waals surface area contributed by atoms with Gasteiger partial charge in [-0.2, -0.15) is 0 Å². The maximum absolute atomic E-state index is 11.7. The average Bonchev–Trinajstić information content (AvgIpc) is 2.34. The number of amides is 1. The van der Waals surface area contributed by atoms with Gasteiger partial charge in [-0.1, -0.05) is 30.3 Å². The van der Waals surface area contributed by atoms with Crippen LogP contribution in [-0.4, -0.2) is 28.9 Å². The summed E-state index contributed by atoms with van der Waals surface area (Å²) in [7, 11) is 0. The molecule has 1 heterocycles. The van der Waals surface area contributed by atoms with E-state index in [0.29, 0.717) is 0 Å². The van der Waals surface area contributed by atoms with Crippen LogP contribution in [0.3, 0.4) is 0 Å². The fourth-order valence-electron chi connectivity index (χ4n) is 1.68. The zero-order valence-corrected chi connectivity index (χ0v) is 9.97. The number of nitrogens with zero attached hydrogens (tertiary/aromatic N) is 1. The van der Waals surface area contributed by atoms with Gasteiger partial charge < -0.3 is 4.74 Å². The van der Waals surface area contributed by atoms with E-state index in [-0.39, 0.29) is 18.9 Å². The molecule has 17 heavy (non-hydrogen) atoms. The van der Waals surface area contributed by atoms with Crippen molar-refractivity contribution in [2.75, 3.05) is 6.54 Å². The summed E-state index contributed by atoms with van der Waals surface area (Å²) in [6.07, 6.45) is -0.432. The van der Waals surface area contributed by atoms with Gasteiger partial charge in [-0.05, 0) is 19.4 Å². The van der Waals surface area contributed by atoms with Crippen molar-refractivity contribution in [3.63, 3.8) is 0 Å². The van der Waals surface area contributed by atoms with Gasteiger partial charge in [0.05, 0.1) is 6.54 Å². The van der Waals surface area contributed by atoms with E-state index in [1.165, 1.54) is 4.90 Å². The molecule has 0 aromatic heterocycles. The summed E-state index contributed by atoms with van der Waals surface area (Å²) in [5, 5.41) is 0. The van der Waals surface area contributed by atoms with Crippen molar-refractivity contribution in [3.8, 4) is 0 Å². The summed E-state index contributed by atoms with van der Waals surface area (Å²) < 4.78 is 5.15. The Morgan fingerprint density at radius 2 is 2.00 bits per heavy atom. The third-order valence-corrected chi connectivity index (χ3v) is 3.08. The summed E-state index contributed by atoms with van der Waals surface area (Å²) in [5.74, 6) is 0.0640. The first kappa shape index (κ1) is 11.6. The van der Waals surface area contributed by atoms with Crippen molar-refractivity contribution in [3.05, 3.63) is 35.9 Å². The van der Waals surface area contributed by atoms with Crippen LogP contribution >= 0.6 is 0 Å². The zero-order chi connectivity index (χ0) is 12.5. The van der Waals surface area contributed by atoms with Crippen molar-refractivity contribution in [1.82, 2.24) is 4.90 Å². The molecule has 1 amide bonds. The van der Waals surface area contributed by atoms with E-state index in [0.717, 1.165) is 5.56 Å². The normalized spacial score (nSPS) is 17.5. The van der Waals surface area contributed by atoms with E-state index in [2.05, 4.69) is 0 Å². The molecule has 1 aromatic rings. The lowest BCUT2D eigenvalue weighted by molar-refractivity contribution is -0.142. The minimum absolute atomic E-state index is 0.0640. The topological polar surface area (TPSA) is 46.6 Å². The van der Waals surface area contributed by atoms with Gasteiger partial charge in [-0.3, -0.25) is 9.69 Å². The minimum atomic E-state index is -0.715. The van der Waals surface area contributed by atoms with Crippen LogP contribution in [-0.2, 0) is 16.1 Å². The zero-order valence-electron chi connectivity index (χ0n) is 9.97. The lowest BCUT2D eigenvalue weighted by atomic mass is 9.88. The predicted octanol–water partition coefficient (Wildman–Crippen LogP) is 1.99. The summed E-state index contributed by atoms with van der Waals surface area (Å²) >= 11 is 0. The summed E-state index contributed by atoms with van der Waals surface area (Å²) in [6.45, 7) is 3.84. The number of carbonyl (C=O) groups excluding carboxylic acids is 2. The smallest absolute Gasteiger partial charge is 0.411 e. The van der Waals surface area contributed by atoms with Crippen molar-refractivity contribution < 1.29 is 14.3 Å². The Hall–Kier alpha value is -1.84. The molecule has 4 heteroatoms. The van der Waals surface area contributed by atoms with E-state index in [4.69, 9.17) is 4.74 Å². The number of ether oxygens (including phenoxy) is 1. The van der Waals surface area contributed by atoms with Crippen LogP contribution in [0.2, 0.25) is 0 Å². The molecule has 1 aliphatic rings. The molecule has 1 fully saturated rings. The molecule has 0 radical (unpaired) electrons. The maximum Gasteiger partial charge on any atom is 0.411 e.